The largest absolute Gasteiger partial charge is 0.319 e. The molecule has 0 aromatic heterocycles. The van der Waals surface area contributed by atoms with Gasteiger partial charge in [-0.05, 0) is 61.7 Å². The first kappa shape index (κ1) is 15.4. The maximum absolute atomic E-state index is 6.25. The molecular formula is C17H19Cl2N. The van der Waals surface area contributed by atoms with E-state index in [1.165, 1.54) is 11.1 Å². The van der Waals surface area contributed by atoms with E-state index in [1.807, 2.05) is 37.4 Å². The topological polar surface area (TPSA) is 12.0 Å². The Bertz CT molecular complexity index is 537. The van der Waals surface area contributed by atoms with Gasteiger partial charge in [-0.3, -0.25) is 0 Å². The predicted molar refractivity (Wildman–Crippen MR) is 87.7 cm³/mol. The van der Waals surface area contributed by atoms with E-state index in [-0.39, 0.29) is 0 Å². The minimum absolute atomic E-state index is 0.515. The maximum Gasteiger partial charge on any atom is 0.0438 e. The van der Waals surface area contributed by atoms with Gasteiger partial charge in [-0.25, -0.2) is 0 Å². The SMILES string of the molecule is CNCC(Cc1ccc(Cl)cc1)Cc1ccccc1Cl. The zero-order valence-corrected chi connectivity index (χ0v) is 13.1. The Kier molecular flexibility index (Phi) is 5.90. The highest BCUT2D eigenvalue weighted by molar-refractivity contribution is 6.31. The van der Waals surface area contributed by atoms with Crippen molar-refractivity contribution in [2.45, 2.75) is 12.8 Å². The minimum Gasteiger partial charge on any atom is -0.319 e. The lowest BCUT2D eigenvalue weighted by Crippen LogP contribution is -2.22. The summed E-state index contributed by atoms with van der Waals surface area (Å²) in [6, 6.07) is 16.2. The maximum atomic E-state index is 6.25. The highest BCUT2D eigenvalue weighted by atomic mass is 35.5. The first-order valence-electron chi connectivity index (χ1n) is 6.81. The van der Waals surface area contributed by atoms with E-state index < -0.39 is 0 Å². The lowest BCUT2D eigenvalue weighted by Gasteiger charge is -2.17. The molecule has 0 aliphatic carbocycles. The van der Waals surface area contributed by atoms with Crippen LogP contribution in [-0.2, 0) is 12.8 Å². The minimum atomic E-state index is 0.515. The fourth-order valence-corrected chi connectivity index (χ4v) is 2.77. The Morgan fingerprint density at radius 3 is 2.30 bits per heavy atom. The van der Waals surface area contributed by atoms with Crippen LogP contribution in [0.15, 0.2) is 48.5 Å². The van der Waals surface area contributed by atoms with Crippen molar-refractivity contribution in [2.75, 3.05) is 13.6 Å². The van der Waals surface area contributed by atoms with E-state index >= 15 is 0 Å². The molecule has 1 atom stereocenters. The molecule has 1 N–H and O–H groups in total. The molecule has 0 saturated heterocycles. The molecule has 2 aromatic carbocycles. The molecule has 1 unspecified atom stereocenters. The number of benzene rings is 2. The zero-order chi connectivity index (χ0) is 14.4. The fraction of sp³-hybridized carbons (Fsp3) is 0.294. The first-order chi connectivity index (χ1) is 9.69. The van der Waals surface area contributed by atoms with Gasteiger partial charge in [0.1, 0.15) is 0 Å². The molecule has 0 saturated carbocycles. The molecular weight excluding hydrogens is 289 g/mol. The second-order valence-corrected chi connectivity index (χ2v) is 5.89. The van der Waals surface area contributed by atoms with E-state index in [1.54, 1.807) is 0 Å². The summed E-state index contributed by atoms with van der Waals surface area (Å²) in [6.07, 6.45) is 1.99. The van der Waals surface area contributed by atoms with E-state index in [9.17, 15) is 0 Å². The van der Waals surface area contributed by atoms with Gasteiger partial charge in [0, 0.05) is 10.0 Å². The second kappa shape index (κ2) is 7.68. The van der Waals surface area contributed by atoms with Gasteiger partial charge in [0.05, 0.1) is 0 Å². The third-order valence-corrected chi connectivity index (χ3v) is 4.02. The highest BCUT2D eigenvalue weighted by Gasteiger charge is 2.12. The van der Waals surface area contributed by atoms with Crippen LogP contribution in [0.5, 0.6) is 0 Å². The number of nitrogens with one attached hydrogen (secondary N) is 1. The van der Waals surface area contributed by atoms with Gasteiger partial charge in [-0.15, -0.1) is 0 Å². The predicted octanol–water partition coefficient (Wildman–Crippen LogP) is 4.61. The summed E-state index contributed by atoms with van der Waals surface area (Å²) in [5.41, 5.74) is 2.52. The third kappa shape index (κ3) is 4.52. The van der Waals surface area contributed by atoms with Crippen molar-refractivity contribution in [1.29, 1.82) is 0 Å². The summed E-state index contributed by atoms with van der Waals surface area (Å²) in [5, 5.41) is 4.90. The molecule has 0 spiro atoms. The van der Waals surface area contributed by atoms with Crippen LogP contribution >= 0.6 is 23.2 Å². The van der Waals surface area contributed by atoms with Gasteiger partial charge in [0.2, 0.25) is 0 Å². The Balaban J connectivity index is 2.07. The second-order valence-electron chi connectivity index (χ2n) is 5.05. The first-order valence-corrected chi connectivity index (χ1v) is 7.57. The van der Waals surface area contributed by atoms with E-state index in [2.05, 4.69) is 23.5 Å². The van der Waals surface area contributed by atoms with E-state index in [4.69, 9.17) is 23.2 Å². The van der Waals surface area contributed by atoms with Gasteiger partial charge >= 0.3 is 0 Å². The van der Waals surface area contributed by atoms with Crippen LogP contribution in [0.2, 0.25) is 10.0 Å². The van der Waals surface area contributed by atoms with Crippen LogP contribution < -0.4 is 5.32 Å². The standard InChI is InChI=1S/C17H19Cl2N/c1-20-12-14(10-13-6-8-16(18)9-7-13)11-15-4-2-3-5-17(15)19/h2-9,14,20H,10-12H2,1H3. The lowest BCUT2D eigenvalue weighted by atomic mass is 9.92. The summed E-state index contributed by atoms with van der Waals surface area (Å²) in [7, 11) is 1.99. The van der Waals surface area contributed by atoms with Crippen LogP contribution in [0, 0.1) is 5.92 Å². The quantitative estimate of drug-likeness (QED) is 0.821. The third-order valence-electron chi connectivity index (χ3n) is 3.40. The average molecular weight is 308 g/mol. The smallest absolute Gasteiger partial charge is 0.0438 e. The van der Waals surface area contributed by atoms with Crippen molar-refractivity contribution in [1.82, 2.24) is 5.32 Å². The van der Waals surface area contributed by atoms with Crippen molar-refractivity contribution in [2.24, 2.45) is 5.92 Å². The molecule has 0 aliphatic heterocycles. The Hall–Kier alpha value is -1.02. The van der Waals surface area contributed by atoms with Gasteiger partial charge in [-0.2, -0.15) is 0 Å². The van der Waals surface area contributed by atoms with Crippen LogP contribution in [0.1, 0.15) is 11.1 Å². The van der Waals surface area contributed by atoms with Gasteiger partial charge in [0.25, 0.3) is 0 Å². The number of hydrogen-bond donors (Lipinski definition) is 1. The molecule has 3 heteroatoms. The molecule has 2 rings (SSSR count). The molecule has 0 bridgehead atoms. The zero-order valence-electron chi connectivity index (χ0n) is 11.6. The van der Waals surface area contributed by atoms with Crippen LogP contribution in [-0.4, -0.2) is 13.6 Å². The average Bonchev–Trinajstić information content (AvgIpc) is 2.44. The molecule has 106 valence electrons. The summed E-state index contributed by atoms with van der Waals surface area (Å²) in [4.78, 5) is 0. The van der Waals surface area contributed by atoms with E-state index in [0.717, 1.165) is 29.4 Å². The fourth-order valence-electron chi connectivity index (χ4n) is 2.43. The van der Waals surface area contributed by atoms with Crippen LogP contribution in [0.25, 0.3) is 0 Å². The Morgan fingerprint density at radius 2 is 1.65 bits per heavy atom. The normalized spacial score (nSPS) is 12.3. The Labute approximate surface area is 130 Å². The van der Waals surface area contributed by atoms with Crippen molar-refractivity contribution < 1.29 is 0 Å². The van der Waals surface area contributed by atoms with Crippen molar-refractivity contribution >= 4 is 23.2 Å². The number of halogens is 2. The van der Waals surface area contributed by atoms with Gasteiger partial charge < -0.3 is 5.32 Å². The van der Waals surface area contributed by atoms with Gasteiger partial charge in [0.15, 0.2) is 0 Å². The molecule has 0 amide bonds. The summed E-state index contributed by atoms with van der Waals surface area (Å²) in [5.74, 6) is 0.515. The summed E-state index contributed by atoms with van der Waals surface area (Å²) < 4.78 is 0. The lowest BCUT2D eigenvalue weighted by molar-refractivity contribution is 0.493. The summed E-state index contributed by atoms with van der Waals surface area (Å²) >= 11 is 12.2. The molecule has 20 heavy (non-hydrogen) atoms. The molecule has 0 radical (unpaired) electrons. The number of hydrogen-bond acceptors (Lipinski definition) is 1. The summed E-state index contributed by atoms with van der Waals surface area (Å²) in [6.45, 7) is 0.966. The van der Waals surface area contributed by atoms with Crippen LogP contribution in [0.3, 0.4) is 0 Å². The van der Waals surface area contributed by atoms with E-state index in [0.29, 0.717) is 5.92 Å². The molecule has 0 fully saturated rings. The van der Waals surface area contributed by atoms with Crippen LogP contribution in [0.4, 0.5) is 0 Å². The van der Waals surface area contributed by atoms with Gasteiger partial charge in [-0.1, -0.05) is 53.5 Å². The number of rotatable bonds is 6. The van der Waals surface area contributed by atoms with Crippen molar-refractivity contribution in [3.05, 3.63) is 69.7 Å². The highest BCUT2D eigenvalue weighted by Crippen LogP contribution is 2.21. The Morgan fingerprint density at radius 1 is 0.950 bits per heavy atom. The molecule has 2 aromatic rings. The van der Waals surface area contributed by atoms with Crippen molar-refractivity contribution in [3.8, 4) is 0 Å². The molecule has 0 aliphatic rings. The monoisotopic (exact) mass is 307 g/mol. The molecule has 0 heterocycles. The van der Waals surface area contributed by atoms with Crippen molar-refractivity contribution in [3.63, 3.8) is 0 Å². The molecule has 1 nitrogen and oxygen atoms in total.